The molecular formula is C29H28N4O2. The molecule has 0 aliphatic rings. The van der Waals surface area contributed by atoms with Crippen LogP contribution >= 0.6 is 0 Å². The number of amides is 1. The van der Waals surface area contributed by atoms with Crippen molar-refractivity contribution in [3.8, 4) is 11.4 Å². The molecule has 0 spiro atoms. The molecule has 0 aliphatic carbocycles. The first-order valence-electron chi connectivity index (χ1n) is 11.9. The normalized spacial score (nSPS) is 12.1. The van der Waals surface area contributed by atoms with Gasteiger partial charge in [0.15, 0.2) is 6.61 Å². The number of hydrogen-bond donors (Lipinski definition) is 1. The summed E-state index contributed by atoms with van der Waals surface area (Å²) >= 11 is 0. The Hall–Kier alpha value is -4.19. The highest BCUT2D eigenvalue weighted by atomic mass is 16.5. The lowest BCUT2D eigenvalue weighted by Crippen LogP contribution is -2.20. The molecule has 6 heteroatoms. The summed E-state index contributed by atoms with van der Waals surface area (Å²) < 4.78 is 5.69. The first kappa shape index (κ1) is 22.6. The molecular weight excluding hydrogens is 436 g/mol. The van der Waals surface area contributed by atoms with Crippen LogP contribution in [-0.4, -0.2) is 27.5 Å². The van der Waals surface area contributed by atoms with Gasteiger partial charge in [0.2, 0.25) is 0 Å². The van der Waals surface area contributed by atoms with E-state index < -0.39 is 0 Å². The number of benzene rings is 4. The molecule has 6 nitrogen and oxygen atoms in total. The van der Waals surface area contributed by atoms with Gasteiger partial charge in [-0.1, -0.05) is 62.4 Å². The minimum Gasteiger partial charge on any atom is -0.484 e. The molecule has 176 valence electrons. The summed E-state index contributed by atoms with van der Waals surface area (Å²) in [6.45, 7) is 6.25. The van der Waals surface area contributed by atoms with Crippen LogP contribution in [0.2, 0.25) is 0 Å². The highest BCUT2D eigenvalue weighted by Gasteiger charge is 2.13. The van der Waals surface area contributed by atoms with Crippen LogP contribution in [0.3, 0.4) is 0 Å². The monoisotopic (exact) mass is 464 g/mol. The lowest BCUT2D eigenvalue weighted by molar-refractivity contribution is -0.118. The van der Waals surface area contributed by atoms with E-state index in [1.54, 1.807) is 4.80 Å². The molecule has 5 aromatic rings. The van der Waals surface area contributed by atoms with Crippen LogP contribution in [0.15, 0.2) is 78.9 Å². The van der Waals surface area contributed by atoms with Crippen LogP contribution < -0.4 is 10.1 Å². The SMILES string of the molecule is CC[C@H](C)c1ccc(OCC(=O)Nc2cc3nn(-c4cccc5ccccc45)nc3cc2C)cc1. The Bertz CT molecular complexity index is 1500. The van der Waals surface area contributed by atoms with E-state index in [0.717, 1.165) is 34.0 Å². The number of ether oxygens (including phenoxy) is 1. The third-order valence-corrected chi connectivity index (χ3v) is 6.41. The van der Waals surface area contributed by atoms with E-state index in [9.17, 15) is 4.79 Å². The zero-order chi connectivity index (χ0) is 24.4. The minimum atomic E-state index is -0.222. The summed E-state index contributed by atoms with van der Waals surface area (Å²) in [5.41, 5.74) is 5.27. The van der Waals surface area contributed by atoms with Gasteiger partial charge >= 0.3 is 0 Å². The molecule has 0 fully saturated rings. The van der Waals surface area contributed by atoms with Crippen LogP contribution in [0.5, 0.6) is 5.75 Å². The van der Waals surface area contributed by atoms with Gasteiger partial charge < -0.3 is 10.1 Å². The van der Waals surface area contributed by atoms with E-state index >= 15 is 0 Å². The Labute approximate surface area is 204 Å². The van der Waals surface area contributed by atoms with Crippen molar-refractivity contribution < 1.29 is 9.53 Å². The van der Waals surface area contributed by atoms with Crippen molar-refractivity contribution in [2.75, 3.05) is 11.9 Å². The summed E-state index contributed by atoms with van der Waals surface area (Å²) in [5.74, 6) is 0.959. The van der Waals surface area contributed by atoms with Gasteiger partial charge in [0, 0.05) is 11.1 Å². The molecule has 0 saturated carbocycles. The number of rotatable bonds is 7. The molecule has 0 bridgehead atoms. The van der Waals surface area contributed by atoms with Crippen LogP contribution in [-0.2, 0) is 4.79 Å². The molecule has 4 aromatic carbocycles. The molecule has 1 heterocycles. The van der Waals surface area contributed by atoms with E-state index in [2.05, 4.69) is 59.7 Å². The Balaban J connectivity index is 1.32. The number of aryl methyl sites for hydroxylation is 1. The summed E-state index contributed by atoms with van der Waals surface area (Å²) in [6, 6.07) is 26.0. The topological polar surface area (TPSA) is 69.0 Å². The zero-order valence-electron chi connectivity index (χ0n) is 20.2. The third-order valence-electron chi connectivity index (χ3n) is 6.41. The van der Waals surface area contributed by atoms with Crippen molar-refractivity contribution in [1.82, 2.24) is 15.0 Å². The molecule has 1 N–H and O–H groups in total. The van der Waals surface area contributed by atoms with Gasteiger partial charge in [0.05, 0.1) is 5.69 Å². The third kappa shape index (κ3) is 4.73. The summed E-state index contributed by atoms with van der Waals surface area (Å²) in [6.07, 6.45) is 1.09. The largest absolute Gasteiger partial charge is 0.484 e. The van der Waals surface area contributed by atoms with Crippen LogP contribution in [0.1, 0.15) is 37.3 Å². The van der Waals surface area contributed by atoms with Crippen molar-refractivity contribution >= 4 is 33.4 Å². The van der Waals surface area contributed by atoms with E-state index in [4.69, 9.17) is 4.74 Å². The number of nitrogens with zero attached hydrogens (tertiary/aromatic N) is 3. The highest BCUT2D eigenvalue weighted by Crippen LogP contribution is 2.25. The Kier molecular flexibility index (Phi) is 6.19. The summed E-state index contributed by atoms with van der Waals surface area (Å²) in [7, 11) is 0. The Morgan fingerprint density at radius 1 is 0.971 bits per heavy atom. The van der Waals surface area contributed by atoms with Crippen molar-refractivity contribution in [2.24, 2.45) is 0 Å². The van der Waals surface area contributed by atoms with E-state index in [1.807, 2.05) is 55.5 Å². The van der Waals surface area contributed by atoms with Gasteiger partial charge in [0.25, 0.3) is 5.91 Å². The number of carbonyl (C=O) groups excluding carboxylic acids is 1. The second kappa shape index (κ2) is 9.58. The quantitative estimate of drug-likeness (QED) is 0.302. The average molecular weight is 465 g/mol. The van der Waals surface area contributed by atoms with E-state index in [-0.39, 0.29) is 12.5 Å². The second-order valence-electron chi connectivity index (χ2n) is 8.86. The van der Waals surface area contributed by atoms with Crippen molar-refractivity contribution in [1.29, 1.82) is 0 Å². The van der Waals surface area contributed by atoms with Gasteiger partial charge in [0.1, 0.15) is 16.8 Å². The average Bonchev–Trinajstić information content (AvgIpc) is 3.29. The molecule has 35 heavy (non-hydrogen) atoms. The molecule has 0 unspecified atom stereocenters. The number of nitrogens with one attached hydrogen (secondary N) is 1. The standard InChI is InChI=1S/C29H28N4O2/c1-4-19(2)21-12-14-23(15-13-21)35-18-29(34)30-25-17-27-26(16-20(25)3)31-33(32-27)28-11-7-9-22-8-5-6-10-24(22)28/h5-17,19H,4,18H2,1-3H3,(H,30,34)/t19-/m0/s1. The molecule has 5 rings (SSSR count). The number of hydrogen-bond acceptors (Lipinski definition) is 4. The maximum Gasteiger partial charge on any atom is 0.262 e. The summed E-state index contributed by atoms with van der Waals surface area (Å²) in [5, 5.41) is 14.5. The van der Waals surface area contributed by atoms with Crippen molar-refractivity contribution in [3.63, 3.8) is 0 Å². The number of anilines is 1. The first-order chi connectivity index (χ1) is 17.0. The fourth-order valence-corrected chi connectivity index (χ4v) is 4.16. The fourth-order valence-electron chi connectivity index (χ4n) is 4.16. The van der Waals surface area contributed by atoms with Gasteiger partial charge in [-0.15, -0.1) is 15.0 Å². The zero-order valence-corrected chi connectivity index (χ0v) is 20.2. The Morgan fingerprint density at radius 3 is 2.46 bits per heavy atom. The van der Waals surface area contributed by atoms with Crippen LogP contribution in [0.25, 0.3) is 27.5 Å². The maximum atomic E-state index is 12.6. The van der Waals surface area contributed by atoms with E-state index in [1.165, 1.54) is 5.56 Å². The summed E-state index contributed by atoms with van der Waals surface area (Å²) in [4.78, 5) is 14.2. The smallest absolute Gasteiger partial charge is 0.262 e. The van der Waals surface area contributed by atoms with Crippen molar-refractivity contribution in [3.05, 3.63) is 90.0 Å². The molecule has 1 atom stereocenters. The highest BCUT2D eigenvalue weighted by molar-refractivity contribution is 5.95. The number of carbonyl (C=O) groups is 1. The van der Waals surface area contributed by atoms with Gasteiger partial charge in [-0.2, -0.15) is 0 Å². The van der Waals surface area contributed by atoms with Gasteiger partial charge in [-0.25, -0.2) is 0 Å². The maximum absolute atomic E-state index is 12.6. The molecule has 0 saturated heterocycles. The van der Waals surface area contributed by atoms with Crippen LogP contribution in [0.4, 0.5) is 5.69 Å². The molecule has 1 amide bonds. The predicted molar refractivity (Wildman–Crippen MR) is 140 cm³/mol. The first-order valence-corrected chi connectivity index (χ1v) is 11.9. The molecule has 0 aliphatic heterocycles. The molecule has 1 aromatic heterocycles. The second-order valence-corrected chi connectivity index (χ2v) is 8.86. The van der Waals surface area contributed by atoms with E-state index in [0.29, 0.717) is 22.9 Å². The van der Waals surface area contributed by atoms with Gasteiger partial charge in [-0.3, -0.25) is 4.79 Å². The number of fused-ring (bicyclic) bond motifs is 2. The van der Waals surface area contributed by atoms with Crippen molar-refractivity contribution in [2.45, 2.75) is 33.1 Å². The fraction of sp³-hybridized carbons (Fsp3) is 0.207. The van der Waals surface area contributed by atoms with Crippen LogP contribution in [0, 0.1) is 6.92 Å². The van der Waals surface area contributed by atoms with Gasteiger partial charge in [-0.05, 0) is 66.1 Å². The minimum absolute atomic E-state index is 0.0666. The molecule has 0 radical (unpaired) electrons. The lowest BCUT2D eigenvalue weighted by Gasteiger charge is -2.11. The lowest BCUT2D eigenvalue weighted by atomic mass is 9.99. The Morgan fingerprint density at radius 2 is 1.69 bits per heavy atom. The predicted octanol–water partition coefficient (Wildman–Crippen LogP) is 6.41. The number of aromatic nitrogens is 3.